The summed E-state index contributed by atoms with van der Waals surface area (Å²) in [6, 6.07) is 3.75. The molecule has 0 aliphatic heterocycles. The molecule has 0 radical (unpaired) electrons. The molecule has 0 saturated heterocycles. The molecular formula is C23H30N4O2. The number of aromatic nitrogens is 3. The first-order valence-corrected chi connectivity index (χ1v) is 10.7. The second-order valence-electron chi connectivity index (χ2n) is 8.88. The molecule has 1 saturated carbocycles. The summed E-state index contributed by atoms with van der Waals surface area (Å²) < 4.78 is 5.92. The molecule has 3 atom stereocenters. The average Bonchev–Trinajstić information content (AvgIpc) is 3.47. The second-order valence-corrected chi connectivity index (χ2v) is 8.88. The minimum atomic E-state index is 0.232. The van der Waals surface area contributed by atoms with Crippen molar-refractivity contribution in [3.8, 4) is 11.5 Å². The van der Waals surface area contributed by atoms with E-state index in [-0.39, 0.29) is 11.8 Å². The van der Waals surface area contributed by atoms with E-state index in [9.17, 15) is 4.79 Å². The summed E-state index contributed by atoms with van der Waals surface area (Å²) in [7, 11) is 0. The molecule has 6 nitrogen and oxygen atoms in total. The van der Waals surface area contributed by atoms with Gasteiger partial charge in [0.25, 0.3) is 0 Å². The molecule has 29 heavy (non-hydrogen) atoms. The van der Waals surface area contributed by atoms with Crippen molar-refractivity contribution in [2.75, 3.05) is 6.54 Å². The number of amides is 1. The molecule has 2 heterocycles. The van der Waals surface area contributed by atoms with Crippen molar-refractivity contribution in [3.05, 3.63) is 42.1 Å². The van der Waals surface area contributed by atoms with Gasteiger partial charge in [-0.3, -0.25) is 9.78 Å². The lowest BCUT2D eigenvalue weighted by Crippen LogP contribution is -2.37. The zero-order valence-corrected chi connectivity index (χ0v) is 17.5. The molecular weight excluding hydrogens is 364 g/mol. The van der Waals surface area contributed by atoms with E-state index in [1.54, 1.807) is 12.4 Å². The highest BCUT2D eigenvalue weighted by Gasteiger charge is 2.34. The van der Waals surface area contributed by atoms with E-state index in [2.05, 4.69) is 47.3 Å². The van der Waals surface area contributed by atoms with Crippen LogP contribution in [0.15, 0.2) is 40.6 Å². The van der Waals surface area contributed by atoms with E-state index >= 15 is 0 Å². The fourth-order valence-corrected chi connectivity index (χ4v) is 4.37. The number of nitrogens with zero attached hydrogens (tertiary/aromatic N) is 3. The molecule has 6 heteroatoms. The first-order valence-electron chi connectivity index (χ1n) is 10.7. The van der Waals surface area contributed by atoms with Gasteiger partial charge in [0.15, 0.2) is 0 Å². The Hall–Kier alpha value is -2.50. The van der Waals surface area contributed by atoms with Crippen LogP contribution in [0, 0.1) is 29.6 Å². The molecule has 1 N–H and O–H groups in total. The molecule has 2 aliphatic rings. The Bertz CT molecular complexity index is 870. The smallest absolute Gasteiger partial charge is 0.247 e. The van der Waals surface area contributed by atoms with E-state index in [1.165, 1.54) is 5.57 Å². The van der Waals surface area contributed by atoms with Crippen LogP contribution in [-0.2, 0) is 11.2 Å². The SMILES string of the molecule is CC1=C[C@@H](CNC(=O)C2CC2)[C@H](C(C)C)C[C@H]1Cc1nnc(-c2ccncc2)o1. The van der Waals surface area contributed by atoms with Gasteiger partial charge < -0.3 is 9.73 Å². The van der Waals surface area contributed by atoms with E-state index in [0.29, 0.717) is 35.5 Å². The third-order valence-electron chi connectivity index (χ3n) is 6.36. The van der Waals surface area contributed by atoms with Crippen molar-refractivity contribution >= 4 is 5.91 Å². The predicted molar refractivity (Wildman–Crippen MR) is 111 cm³/mol. The highest BCUT2D eigenvalue weighted by atomic mass is 16.4. The maximum absolute atomic E-state index is 12.1. The van der Waals surface area contributed by atoms with Gasteiger partial charge in [-0.2, -0.15) is 0 Å². The van der Waals surface area contributed by atoms with Crippen LogP contribution in [0.5, 0.6) is 0 Å². The van der Waals surface area contributed by atoms with Gasteiger partial charge in [-0.25, -0.2) is 0 Å². The molecule has 1 fully saturated rings. The van der Waals surface area contributed by atoms with Crippen LogP contribution in [0.3, 0.4) is 0 Å². The van der Waals surface area contributed by atoms with Crippen molar-refractivity contribution in [3.63, 3.8) is 0 Å². The molecule has 0 spiro atoms. The Morgan fingerprint density at radius 3 is 2.69 bits per heavy atom. The van der Waals surface area contributed by atoms with Crippen molar-refractivity contribution in [2.45, 2.75) is 46.5 Å². The third kappa shape index (κ3) is 4.74. The topological polar surface area (TPSA) is 80.9 Å². The van der Waals surface area contributed by atoms with Gasteiger partial charge in [-0.15, -0.1) is 10.2 Å². The molecule has 4 rings (SSSR count). The number of carbonyl (C=O) groups is 1. The first kappa shape index (κ1) is 19.8. The minimum Gasteiger partial charge on any atom is -0.421 e. The van der Waals surface area contributed by atoms with E-state index in [0.717, 1.165) is 37.8 Å². The number of allylic oxidation sites excluding steroid dienone is 1. The minimum absolute atomic E-state index is 0.232. The molecule has 1 amide bonds. The van der Waals surface area contributed by atoms with Crippen molar-refractivity contribution in [1.29, 1.82) is 0 Å². The van der Waals surface area contributed by atoms with Gasteiger partial charge in [0.2, 0.25) is 17.7 Å². The van der Waals surface area contributed by atoms with Gasteiger partial charge in [0.1, 0.15) is 0 Å². The number of hydrogen-bond acceptors (Lipinski definition) is 5. The van der Waals surface area contributed by atoms with Crippen LogP contribution in [0.25, 0.3) is 11.5 Å². The molecule has 154 valence electrons. The van der Waals surface area contributed by atoms with Crippen LogP contribution >= 0.6 is 0 Å². The fraction of sp³-hybridized carbons (Fsp3) is 0.565. The van der Waals surface area contributed by atoms with Crippen LogP contribution in [-0.4, -0.2) is 27.6 Å². The molecule has 2 aromatic rings. The highest BCUT2D eigenvalue weighted by Crippen LogP contribution is 2.39. The van der Waals surface area contributed by atoms with E-state index in [4.69, 9.17) is 4.42 Å². The zero-order valence-electron chi connectivity index (χ0n) is 17.5. The summed E-state index contributed by atoms with van der Waals surface area (Å²) in [6.07, 6.45) is 9.75. The molecule has 0 unspecified atom stereocenters. The van der Waals surface area contributed by atoms with Gasteiger partial charge in [0, 0.05) is 36.8 Å². The molecule has 0 bridgehead atoms. The van der Waals surface area contributed by atoms with Crippen molar-refractivity contribution in [1.82, 2.24) is 20.5 Å². The summed E-state index contributed by atoms with van der Waals surface area (Å²) in [6.45, 7) is 7.49. The maximum atomic E-state index is 12.1. The quantitative estimate of drug-likeness (QED) is 0.717. The number of hydrogen-bond donors (Lipinski definition) is 1. The van der Waals surface area contributed by atoms with Gasteiger partial charge in [0.05, 0.1) is 0 Å². The van der Waals surface area contributed by atoms with Crippen LogP contribution in [0.1, 0.15) is 45.9 Å². The normalized spacial score (nSPS) is 24.4. The summed E-state index contributed by atoms with van der Waals surface area (Å²) in [5, 5.41) is 11.7. The van der Waals surface area contributed by atoms with E-state index < -0.39 is 0 Å². The van der Waals surface area contributed by atoms with Gasteiger partial charge >= 0.3 is 0 Å². The molecule has 0 aromatic carbocycles. The Morgan fingerprint density at radius 1 is 1.24 bits per heavy atom. The zero-order chi connectivity index (χ0) is 20.4. The Kier molecular flexibility index (Phi) is 5.79. The monoisotopic (exact) mass is 394 g/mol. The standard InChI is InChI=1S/C23H30N4O2/c1-14(2)20-11-18(15(3)10-19(20)13-25-22(28)16-4-5-16)12-21-26-27-23(29-21)17-6-8-24-9-7-17/h6-10,14,16,18-20H,4-5,11-13H2,1-3H3,(H,25,28)/t18-,19-,20-/m0/s1. The Morgan fingerprint density at radius 2 is 2.00 bits per heavy atom. The third-order valence-corrected chi connectivity index (χ3v) is 6.36. The molecule has 2 aliphatic carbocycles. The summed E-state index contributed by atoms with van der Waals surface area (Å²) >= 11 is 0. The number of carbonyl (C=O) groups excluding carboxylic acids is 1. The fourth-order valence-electron chi connectivity index (χ4n) is 4.37. The Labute approximate surface area is 172 Å². The second kappa shape index (κ2) is 8.47. The van der Waals surface area contributed by atoms with Crippen LogP contribution in [0.4, 0.5) is 0 Å². The molecule has 2 aromatic heterocycles. The largest absolute Gasteiger partial charge is 0.421 e. The number of nitrogens with one attached hydrogen (secondary N) is 1. The van der Waals surface area contributed by atoms with Gasteiger partial charge in [-0.1, -0.05) is 25.5 Å². The van der Waals surface area contributed by atoms with E-state index in [1.807, 2.05) is 12.1 Å². The van der Waals surface area contributed by atoms with Crippen LogP contribution in [0.2, 0.25) is 0 Å². The maximum Gasteiger partial charge on any atom is 0.247 e. The summed E-state index contributed by atoms with van der Waals surface area (Å²) in [5.41, 5.74) is 2.25. The van der Waals surface area contributed by atoms with Crippen molar-refractivity contribution in [2.24, 2.45) is 29.6 Å². The first-order chi connectivity index (χ1) is 14.0. The predicted octanol–water partition coefficient (Wildman–Crippen LogP) is 4.05. The lowest BCUT2D eigenvalue weighted by molar-refractivity contribution is -0.122. The highest BCUT2D eigenvalue weighted by molar-refractivity contribution is 5.80. The average molecular weight is 395 g/mol. The lowest BCUT2D eigenvalue weighted by atomic mass is 9.70. The van der Waals surface area contributed by atoms with Crippen LogP contribution < -0.4 is 5.32 Å². The summed E-state index contributed by atoms with van der Waals surface area (Å²) in [4.78, 5) is 16.1. The Balaban J connectivity index is 1.43. The lowest BCUT2D eigenvalue weighted by Gasteiger charge is -2.37. The number of rotatable bonds is 7. The van der Waals surface area contributed by atoms with Gasteiger partial charge in [-0.05, 0) is 62.0 Å². The van der Waals surface area contributed by atoms with Crippen molar-refractivity contribution < 1.29 is 9.21 Å². The summed E-state index contributed by atoms with van der Waals surface area (Å²) in [5.74, 6) is 3.59. The number of pyridine rings is 1.